The second-order valence-corrected chi connectivity index (χ2v) is 6.62. The molecule has 0 aliphatic carbocycles. The molecule has 0 spiro atoms. The molecule has 0 saturated carbocycles. The Morgan fingerprint density at radius 1 is 1.48 bits per heavy atom. The molecule has 0 aromatic carbocycles. The normalized spacial score (nSPS) is 18.0. The van der Waals surface area contributed by atoms with Gasteiger partial charge >= 0.3 is 0 Å². The van der Waals surface area contributed by atoms with E-state index in [1.807, 2.05) is 34.8 Å². The summed E-state index contributed by atoms with van der Waals surface area (Å²) < 4.78 is 6.19. The van der Waals surface area contributed by atoms with Gasteiger partial charge in [-0.05, 0) is 43.4 Å². The van der Waals surface area contributed by atoms with Crippen LogP contribution in [0.4, 0.5) is 0 Å². The van der Waals surface area contributed by atoms with Crippen LogP contribution in [0.2, 0.25) is 0 Å². The molecule has 0 bridgehead atoms. The number of carbonyl (C=O) groups is 1. The fraction of sp³-hybridized carbons (Fsp3) is 0.375. The predicted octanol–water partition coefficient (Wildman–Crippen LogP) is 2.50. The molecule has 6 nitrogen and oxygen atoms in total. The van der Waals surface area contributed by atoms with Crippen LogP contribution in [0, 0.1) is 6.92 Å². The summed E-state index contributed by atoms with van der Waals surface area (Å²) in [6.45, 7) is 3.49. The van der Waals surface area contributed by atoms with Gasteiger partial charge in [-0.15, -0.1) is 0 Å². The highest BCUT2D eigenvalue weighted by Gasteiger charge is 2.30. The molecule has 0 N–H and O–H groups in total. The number of nitrogens with zero attached hydrogens (tertiary/aromatic N) is 5. The van der Waals surface area contributed by atoms with Crippen molar-refractivity contribution in [3.63, 3.8) is 0 Å². The monoisotopic (exact) mass is 327 g/mol. The summed E-state index contributed by atoms with van der Waals surface area (Å²) in [5, 5.41) is 5.23. The molecule has 118 valence electrons. The van der Waals surface area contributed by atoms with E-state index in [-0.39, 0.29) is 11.9 Å². The number of fused-ring (bicyclic) bond motifs is 1. The molecular formula is C16H17N5OS. The fourth-order valence-corrected chi connectivity index (χ4v) is 3.87. The van der Waals surface area contributed by atoms with Crippen molar-refractivity contribution in [1.82, 2.24) is 24.0 Å². The summed E-state index contributed by atoms with van der Waals surface area (Å²) in [4.78, 5) is 20.1. The van der Waals surface area contributed by atoms with E-state index in [4.69, 9.17) is 0 Å². The zero-order valence-corrected chi connectivity index (χ0v) is 13.7. The molecule has 1 amide bonds. The molecule has 4 rings (SSSR count). The van der Waals surface area contributed by atoms with Gasteiger partial charge in [-0.3, -0.25) is 9.48 Å². The Morgan fingerprint density at radius 2 is 2.39 bits per heavy atom. The van der Waals surface area contributed by atoms with E-state index >= 15 is 0 Å². The number of hydrogen-bond donors (Lipinski definition) is 0. The molecule has 1 unspecified atom stereocenters. The largest absolute Gasteiger partial charge is 0.334 e. The van der Waals surface area contributed by atoms with E-state index < -0.39 is 0 Å². The van der Waals surface area contributed by atoms with E-state index in [0.29, 0.717) is 5.56 Å². The van der Waals surface area contributed by atoms with Crippen molar-refractivity contribution in [2.45, 2.75) is 32.4 Å². The van der Waals surface area contributed by atoms with E-state index in [1.54, 1.807) is 12.4 Å². The van der Waals surface area contributed by atoms with E-state index in [9.17, 15) is 4.79 Å². The zero-order chi connectivity index (χ0) is 15.8. The van der Waals surface area contributed by atoms with Crippen LogP contribution in [-0.2, 0) is 6.54 Å². The van der Waals surface area contributed by atoms with Gasteiger partial charge in [-0.2, -0.15) is 9.47 Å². The molecule has 3 aromatic rings. The van der Waals surface area contributed by atoms with Crippen molar-refractivity contribution in [2.24, 2.45) is 0 Å². The first-order valence-electron chi connectivity index (χ1n) is 7.73. The molecule has 7 heteroatoms. The first-order valence-corrected chi connectivity index (χ1v) is 8.50. The van der Waals surface area contributed by atoms with Crippen molar-refractivity contribution in [2.75, 3.05) is 6.54 Å². The van der Waals surface area contributed by atoms with E-state index in [0.717, 1.165) is 41.8 Å². The van der Waals surface area contributed by atoms with Crippen molar-refractivity contribution in [1.29, 1.82) is 0 Å². The van der Waals surface area contributed by atoms with Crippen LogP contribution >= 0.6 is 11.5 Å². The maximum atomic E-state index is 12.9. The number of rotatable bonds is 3. The third kappa shape index (κ3) is 2.61. The molecule has 1 aliphatic heterocycles. The minimum atomic E-state index is 0.0552. The molecule has 0 radical (unpaired) electrons. The van der Waals surface area contributed by atoms with Crippen LogP contribution in [0.5, 0.6) is 0 Å². The average Bonchev–Trinajstić information content (AvgIpc) is 3.29. The van der Waals surface area contributed by atoms with Crippen molar-refractivity contribution in [3.8, 4) is 0 Å². The number of aromatic nitrogens is 4. The lowest BCUT2D eigenvalue weighted by molar-refractivity contribution is 0.0721. The molecule has 1 saturated heterocycles. The number of hydrogen-bond acceptors (Lipinski definition) is 5. The highest BCUT2D eigenvalue weighted by atomic mass is 32.1. The Hall–Kier alpha value is -2.28. The first-order chi connectivity index (χ1) is 11.2. The van der Waals surface area contributed by atoms with Gasteiger partial charge in [-0.25, -0.2) is 4.98 Å². The van der Waals surface area contributed by atoms with Gasteiger partial charge in [0.2, 0.25) is 0 Å². The van der Waals surface area contributed by atoms with Crippen molar-refractivity contribution in [3.05, 3.63) is 42.0 Å². The summed E-state index contributed by atoms with van der Waals surface area (Å²) in [5.74, 6) is 0.0552. The molecule has 23 heavy (non-hydrogen) atoms. The van der Waals surface area contributed by atoms with Gasteiger partial charge in [0.05, 0.1) is 23.8 Å². The van der Waals surface area contributed by atoms with E-state index in [2.05, 4.69) is 14.5 Å². The first kappa shape index (κ1) is 14.3. The average molecular weight is 327 g/mol. The van der Waals surface area contributed by atoms with Crippen LogP contribution in [0.25, 0.3) is 10.2 Å². The summed E-state index contributed by atoms with van der Waals surface area (Å²) in [6, 6.07) is 4.03. The quantitative estimate of drug-likeness (QED) is 0.741. The SMILES string of the molecule is Cc1nsc2ncc(C(=O)N3CCCC3Cn3cccn3)cc12. The maximum Gasteiger partial charge on any atom is 0.255 e. The Balaban J connectivity index is 1.59. The number of aryl methyl sites for hydroxylation is 1. The molecule has 1 fully saturated rings. The number of carbonyl (C=O) groups excluding carboxylic acids is 1. The van der Waals surface area contributed by atoms with Gasteiger partial charge in [0.15, 0.2) is 0 Å². The molecule has 3 aromatic heterocycles. The Kier molecular flexibility index (Phi) is 3.57. The number of pyridine rings is 1. The predicted molar refractivity (Wildman–Crippen MR) is 88.4 cm³/mol. The van der Waals surface area contributed by atoms with Crippen molar-refractivity contribution < 1.29 is 4.79 Å². The highest BCUT2D eigenvalue weighted by molar-refractivity contribution is 7.12. The van der Waals surface area contributed by atoms with Crippen LogP contribution in [0.3, 0.4) is 0 Å². The minimum absolute atomic E-state index is 0.0552. The Labute approximate surface area is 137 Å². The second-order valence-electron chi connectivity index (χ2n) is 5.87. The van der Waals surface area contributed by atoms with Crippen LogP contribution in [0.15, 0.2) is 30.7 Å². The van der Waals surface area contributed by atoms with Crippen LogP contribution in [0.1, 0.15) is 28.9 Å². The lowest BCUT2D eigenvalue weighted by Gasteiger charge is -2.24. The van der Waals surface area contributed by atoms with Crippen LogP contribution in [-0.4, -0.2) is 42.5 Å². The topological polar surface area (TPSA) is 63.9 Å². The summed E-state index contributed by atoms with van der Waals surface area (Å²) >= 11 is 1.37. The van der Waals surface area contributed by atoms with Crippen molar-refractivity contribution >= 4 is 27.7 Å². The van der Waals surface area contributed by atoms with E-state index in [1.165, 1.54) is 11.5 Å². The summed E-state index contributed by atoms with van der Waals surface area (Å²) in [5.41, 5.74) is 1.58. The zero-order valence-electron chi connectivity index (χ0n) is 12.8. The molecule has 4 heterocycles. The summed E-state index contributed by atoms with van der Waals surface area (Å²) in [7, 11) is 0. The van der Waals surface area contributed by atoms with Crippen LogP contribution < -0.4 is 0 Å². The standard InChI is InChI=1S/C16H17N5OS/c1-11-14-8-12(9-17-15(14)23-19-11)16(22)21-7-2-4-13(21)10-20-6-3-5-18-20/h3,5-6,8-9,13H,2,4,7,10H2,1H3. The molecule has 1 aliphatic rings. The summed E-state index contributed by atoms with van der Waals surface area (Å²) in [6.07, 6.45) is 7.43. The Morgan fingerprint density at radius 3 is 3.22 bits per heavy atom. The lowest BCUT2D eigenvalue weighted by Crippen LogP contribution is -2.38. The van der Waals surface area contributed by atoms with Gasteiger partial charge in [0.25, 0.3) is 5.91 Å². The fourth-order valence-electron chi connectivity index (χ4n) is 3.15. The smallest absolute Gasteiger partial charge is 0.255 e. The Bertz CT molecular complexity index is 841. The number of amides is 1. The second kappa shape index (κ2) is 5.73. The number of likely N-dealkylation sites (tertiary alicyclic amines) is 1. The highest BCUT2D eigenvalue weighted by Crippen LogP contribution is 2.25. The lowest BCUT2D eigenvalue weighted by atomic mass is 10.1. The minimum Gasteiger partial charge on any atom is -0.334 e. The maximum absolute atomic E-state index is 12.9. The molecule has 1 atom stereocenters. The van der Waals surface area contributed by atoms with Gasteiger partial charge in [-0.1, -0.05) is 0 Å². The molecular weight excluding hydrogens is 310 g/mol. The van der Waals surface area contributed by atoms with Gasteiger partial charge in [0.1, 0.15) is 4.83 Å². The van der Waals surface area contributed by atoms with Gasteiger partial charge < -0.3 is 4.90 Å². The third-order valence-corrected chi connectivity index (χ3v) is 5.22. The van der Waals surface area contributed by atoms with Gasteiger partial charge in [0, 0.05) is 30.5 Å². The third-order valence-electron chi connectivity index (χ3n) is 4.35.